The fraction of sp³-hybridized carbons (Fsp3) is 0.400. The summed E-state index contributed by atoms with van der Waals surface area (Å²) in [4.78, 5) is 31.4. The molecule has 23 heavy (non-hydrogen) atoms. The summed E-state index contributed by atoms with van der Waals surface area (Å²) < 4.78 is 6.53. The first-order valence-electron chi connectivity index (χ1n) is 7.04. The molecule has 8 nitrogen and oxygen atoms in total. The van der Waals surface area contributed by atoms with Crippen LogP contribution in [0.3, 0.4) is 0 Å². The largest absolute Gasteiger partial charge is 0.456 e. The fourth-order valence-electron chi connectivity index (χ4n) is 2.16. The van der Waals surface area contributed by atoms with Gasteiger partial charge >= 0.3 is 5.97 Å². The van der Waals surface area contributed by atoms with Crippen molar-refractivity contribution in [2.45, 2.75) is 26.7 Å². The minimum atomic E-state index is -0.460. The van der Waals surface area contributed by atoms with Crippen molar-refractivity contribution in [3.8, 4) is 12.3 Å². The topological polar surface area (TPSA) is 98.5 Å². The molecule has 0 bridgehead atoms. The van der Waals surface area contributed by atoms with E-state index in [0.717, 1.165) is 17.0 Å². The van der Waals surface area contributed by atoms with Gasteiger partial charge < -0.3 is 10.1 Å². The lowest BCUT2D eigenvalue weighted by Gasteiger charge is -2.10. The van der Waals surface area contributed by atoms with Gasteiger partial charge in [-0.05, 0) is 25.8 Å². The van der Waals surface area contributed by atoms with E-state index in [4.69, 9.17) is 11.2 Å². The molecular formula is C15H17N5O3. The Bertz CT molecular complexity index is 775. The first-order chi connectivity index (χ1) is 11.0. The smallest absolute Gasteiger partial charge is 0.306 e. The Morgan fingerprint density at radius 1 is 1.43 bits per heavy atom. The molecule has 0 aliphatic carbocycles. The summed E-state index contributed by atoms with van der Waals surface area (Å²) in [6, 6.07) is 0. The number of amides is 1. The number of aryl methyl sites for hydroxylation is 2. The van der Waals surface area contributed by atoms with Crippen molar-refractivity contribution in [2.75, 3.05) is 13.2 Å². The average molecular weight is 315 g/mol. The Kier molecular flexibility index (Phi) is 5.25. The van der Waals surface area contributed by atoms with Crippen LogP contribution in [0.1, 0.15) is 23.4 Å². The van der Waals surface area contributed by atoms with Gasteiger partial charge in [-0.2, -0.15) is 10.1 Å². The monoisotopic (exact) mass is 315 g/mol. The van der Waals surface area contributed by atoms with Gasteiger partial charge in [0.25, 0.3) is 11.7 Å². The number of esters is 1. The van der Waals surface area contributed by atoms with Crippen LogP contribution in [0.4, 0.5) is 0 Å². The molecule has 0 aliphatic heterocycles. The Morgan fingerprint density at radius 3 is 2.96 bits per heavy atom. The lowest BCUT2D eigenvalue weighted by molar-refractivity contribution is -0.148. The highest BCUT2D eigenvalue weighted by Crippen LogP contribution is 2.15. The van der Waals surface area contributed by atoms with E-state index >= 15 is 0 Å². The lowest BCUT2D eigenvalue weighted by Crippen LogP contribution is -2.29. The summed E-state index contributed by atoms with van der Waals surface area (Å²) in [5.74, 6) is 1.91. The fourth-order valence-corrected chi connectivity index (χ4v) is 2.16. The zero-order chi connectivity index (χ0) is 16.8. The molecule has 8 heteroatoms. The Labute approximate surface area is 133 Å². The maximum atomic E-state index is 11.7. The third kappa shape index (κ3) is 4.03. The predicted molar refractivity (Wildman–Crippen MR) is 81.4 cm³/mol. The third-order valence-corrected chi connectivity index (χ3v) is 3.32. The molecule has 0 saturated carbocycles. The van der Waals surface area contributed by atoms with E-state index in [1.54, 1.807) is 4.52 Å². The lowest BCUT2D eigenvalue weighted by atomic mass is 10.1. The maximum Gasteiger partial charge on any atom is 0.306 e. The molecule has 0 unspecified atom stereocenters. The highest BCUT2D eigenvalue weighted by atomic mass is 16.5. The standard InChI is InChI=1S/C15H17N5O3/c1-4-7-16-13(21)8-23-14(22)6-5-12-10(2)19-15-17-9-18-20(15)11(12)3/h1,9H,5-8H2,2-3H3,(H,16,21). The van der Waals surface area contributed by atoms with Crippen LogP contribution in [0.2, 0.25) is 0 Å². The van der Waals surface area contributed by atoms with Crippen molar-refractivity contribution in [3.63, 3.8) is 0 Å². The number of carbonyl (C=O) groups excluding carboxylic acids is 2. The summed E-state index contributed by atoms with van der Waals surface area (Å²) in [6.07, 6.45) is 7.04. The van der Waals surface area contributed by atoms with E-state index in [-0.39, 0.29) is 19.6 Å². The molecule has 0 fully saturated rings. The van der Waals surface area contributed by atoms with Crippen LogP contribution < -0.4 is 5.32 Å². The first-order valence-corrected chi connectivity index (χ1v) is 7.04. The Hall–Kier alpha value is -2.95. The number of nitrogens with one attached hydrogen (secondary N) is 1. The minimum absolute atomic E-state index is 0.109. The van der Waals surface area contributed by atoms with Crippen molar-refractivity contribution in [2.24, 2.45) is 0 Å². The molecule has 0 radical (unpaired) electrons. The molecule has 1 amide bonds. The molecular weight excluding hydrogens is 298 g/mol. The number of ether oxygens (including phenoxy) is 1. The number of nitrogens with zero attached hydrogens (tertiary/aromatic N) is 4. The van der Waals surface area contributed by atoms with E-state index < -0.39 is 11.9 Å². The second kappa shape index (κ2) is 7.35. The van der Waals surface area contributed by atoms with Gasteiger partial charge in [0.15, 0.2) is 6.61 Å². The number of fused-ring (bicyclic) bond motifs is 1. The van der Waals surface area contributed by atoms with Crippen molar-refractivity contribution in [3.05, 3.63) is 23.3 Å². The van der Waals surface area contributed by atoms with E-state index in [2.05, 4.69) is 26.3 Å². The summed E-state index contributed by atoms with van der Waals surface area (Å²) in [5.41, 5.74) is 2.59. The van der Waals surface area contributed by atoms with Crippen LogP contribution in [0.15, 0.2) is 6.33 Å². The zero-order valence-corrected chi connectivity index (χ0v) is 13.0. The van der Waals surface area contributed by atoms with Crippen molar-refractivity contribution in [1.82, 2.24) is 24.9 Å². The number of hydrogen-bond acceptors (Lipinski definition) is 6. The molecule has 1 N–H and O–H groups in total. The molecule has 2 rings (SSSR count). The van der Waals surface area contributed by atoms with Crippen LogP contribution in [0.25, 0.3) is 5.78 Å². The molecule has 0 spiro atoms. The number of aromatic nitrogens is 4. The van der Waals surface area contributed by atoms with Gasteiger partial charge in [-0.3, -0.25) is 9.59 Å². The van der Waals surface area contributed by atoms with Crippen molar-refractivity contribution >= 4 is 17.7 Å². The quantitative estimate of drug-likeness (QED) is 0.593. The number of rotatable bonds is 6. The highest BCUT2D eigenvalue weighted by Gasteiger charge is 2.13. The van der Waals surface area contributed by atoms with Gasteiger partial charge in [0.1, 0.15) is 6.33 Å². The van der Waals surface area contributed by atoms with Crippen LogP contribution in [0.5, 0.6) is 0 Å². The zero-order valence-electron chi connectivity index (χ0n) is 13.0. The molecule has 2 heterocycles. The van der Waals surface area contributed by atoms with E-state index in [9.17, 15) is 9.59 Å². The Balaban J connectivity index is 1.92. The van der Waals surface area contributed by atoms with Crippen molar-refractivity contribution in [1.29, 1.82) is 0 Å². The number of terminal acetylenes is 1. The second-order valence-corrected chi connectivity index (χ2v) is 4.87. The molecule has 120 valence electrons. The van der Waals surface area contributed by atoms with Crippen LogP contribution in [-0.4, -0.2) is 44.6 Å². The van der Waals surface area contributed by atoms with Gasteiger partial charge in [0, 0.05) is 17.8 Å². The highest BCUT2D eigenvalue weighted by molar-refractivity contribution is 5.80. The van der Waals surface area contributed by atoms with Crippen molar-refractivity contribution < 1.29 is 14.3 Å². The minimum Gasteiger partial charge on any atom is -0.456 e. The summed E-state index contributed by atoms with van der Waals surface area (Å²) in [7, 11) is 0. The van der Waals surface area contributed by atoms with E-state index in [1.165, 1.54) is 6.33 Å². The van der Waals surface area contributed by atoms with Gasteiger partial charge in [-0.25, -0.2) is 9.50 Å². The van der Waals surface area contributed by atoms with E-state index in [0.29, 0.717) is 12.2 Å². The number of carbonyl (C=O) groups is 2. The molecule has 2 aromatic rings. The normalized spacial score (nSPS) is 10.3. The molecule has 0 aliphatic rings. The summed E-state index contributed by atoms with van der Waals surface area (Å²) in [5, 5.41) is 6.51. The average Bonchev–Trinajstić information content (AvgIpc) is 2.99. The molecule has 0 saturated heterocycles. The van der Waals surface area contributed by atoms with Gasteiger partial charge in [0.05, 0.1) is 6.54 Å². The summed E-state index contributed by atoms with van der Waals surface area (Å²) >= 11 is 0. The predicted octanol–water partition coefficient (Wildman–Crippen LogP) is -0.0337. The SMILES string of the molecule is C#CCNC(=O)COC(=O)CCc1c(C)nc2ncnn2c1C. The van der Waals surface area contributed by atoms with Crippen LogP contribution >= 0.6 is 0 Å². The maximum absolute atomic E-state index is 11.7. The summed E-state index contributed by atoms with van der Waals surface area (Å²) in [6.45, 7) is 3.52. The van der Waals surface area contributed by atoms with Gasteiger partial charge in [-0.15, -0.1) is 6.42 Å². The van der Waals surface area contributed by atoms with E-state index in [1.807, 2.05) is 13.8 Å². The van der Waals surface area contributed by atoms with Crippen LogP contribution in [-0.2, 0) is 20.7 Å². The first kappa shape index (κ1) is 16.4. The third-order valence-electron chi connectivity index (χ3n) is 3.32. The Morgan fingerprint density at radius 2 is 2.22 bits per heavy atom. The van der Waals surface area contributed by atoms with Crippen LogP contribution in [0, 0.1) is 26.2 Å². The second-order valence-electron chi connectivity index (χ2n) is 4.87. The molecule has 2 aromatic heterocycles. The molecule has 0 atom stereocenters. The van der Waals surface area contributed by atoms with Gasteiger partial charge in [-0.1, -0.05) is 5.92 Å². The van der Waals surface area contributed by atoms with Gasteiger partial charge in [0.2, 0.25) is 0 Å². The number of hydrogen-bond donors (Lipinski definition) is 1. The molecule has 0 aromatic carbocycles.